The first-order valence-electron chi connectivity index (χ1n) is 6.49. The van der Waals surface area contributed by atoms with Crippen LogP contribution in [-0.2, 0) is 11.8 Å². The summed E-state index contributed by atoms with van der Waals surface area (Å²) in [5, 5.41) is 2.71. The first-order valence-corrected chi connectivity index (χ1v) is 6.49. The van der Waals surface area contributed by atoms with Gasteiger partial charge in [0.05, 0.1) is 18.7 Å². The standard InChI is InChI=1S/C15H17N3O3/c1-18-10-12(4-7-15(18)20)17-14(19)8-9-21-13-5-2-11(16)3-6-13/h2-7,10H,8-9,16H2,1H3,(H,17,19). The van der Waals surface area contributed by atoms with Crippen molar-refractivity contribution < 1.29 is 9.53 Å². The monoisotopic (exact) mass is 287 g/mol. The third-order valence-corrected chi connectivity index (χ3v) is 2.85. The molecule has 6 nitrogen and oxygen atoms in total. The van der Waals surface area contributed by atoms with E-state index in [4.69, 9.17) is 10.5 Å². The summed E-state index contributed by atoms with van der Waals surface area (Å²) in [5.41, 5.74) is 6.68. The van der Waals surface area contributed by atoms with Gasteiger partial charge in [0.1, 0.15) is 5.75 Å². The molecule has 0 aliphatic heterocycles. The topological polar surface area (TPSA) is 86.3 Å². The Kier molecular flexibility index (Phi) is 4.61. The number of ether oxygens (including phenoxy) is 1. The van der Waals surface area contributed by atoms with E-state index >= 15 is 0 Å². The molecule has 2 aromatic rings. The number of nitrogens with zero attached hydrogens (tertiary/aromatic N) is 1. The van der Waals surface area contributed by atoms with Crippen molar-refractivity contribution in [3.63, 3.8) is 0 Å². The van der Waals surface area contributed by atoms with Crippen molar-refractivity contribution in [1.82, 2.24) is 4.57 Å². The maximum atomic E-state index is 11.8. The number of hydrogen-bond donors (Lipinski definition) is 2. The Morgan fingerprint density at radius 2 is 1.95 bits per heavy atom. The molecule has 6 heteroatoms. The summed E-state index contributed by atoms with van der Waals surface area (Å²) < 4.78 is 6.84. The van der Waals surface area contributed by atoms with Crippen LogP contribution in [-0.4, -0.2) is 17.1 Å². The molecular formula is C15H17N3O3. The van der Waals surface area contributed by atoms with Crippen LogP contribution in [0.5, 0.6) is 5.75 Å². The second-order valence-electron chi connectivity index (χ2n) is 4.58. The first kappa shape index (κ1) is 14.6. The number of pyridine rings is 1. The summed E-state index contributed by atoms with van der Waals surface area (Å²) in [6.07, 6.45) is 1.79. The summed E-state index contributed by atoms with van der Waals surface area (Å²) in [6.45, 7) is 0.265. The van der Waals surface area contributed by atoms with Gasteiger partial charge >= 0.3 is 0 Å². The second kappa shape index (κ2) is 6.60. The van der Waals surface area contributed by atoms with Crippen molar-refractivity contribution in [2.75, 3.05) is 17.7 Å². The summed E-state index contributed by atoms with van der Waals surface area (Å²) in [4.78, 5) is 23.0. The zero-order valence-electron chi connectivity index (χ0n) is 11.7. The van der Waals surface area contributed by atoms with E-state index < -0.39 is 0 Å². The molecular weight excluding hydrogens is 270 g/mol. The number of nitrogen functional groups attached to an aromatic ring is 1. The van der Waals surface area contributed by atoms with Crippen LogP contribution in [0.15, 0.2) is 47.4 Å². The number of aromatic nitrogens is 1. The highest BCUT2D eigenvalue weighted by Crippen LogP contribution is 2.13. The number of nitrogens with one attached hydrogen (secondary N) is 1. The van der Waals surface area contributed by atoms with E-state index in [1.165, 1.54) is 10.6 Å². The van der Waals surface area contributed by atoms with E-state index in [1.807, 2.05) is 0 Å². The molecule has 0 saturated carbocycles. The van der Waals surface area contributed by atoms with Crippen LogP contribution in [0.25, 0.3) is 0 Å². The fraction of sp³-hybridized carbons (Fsp3) is 0.200. The number of anilines is 2. The molecule has 1 aromatic heterocycles. The van der Waals surface area contributed by atoms with Crippen LogP contribution < -0.4 is 21.3 Å². The molecule has 0 fully saturated rings. The molecule has 0 aliphatic rings. The van der Waals surface area contributed by atoms with E-state index in [-0.39, 0.29) is 24.5 Å². The Morgan fingerprint density at radius 1 is 1.24 bits per heavy atom. The van der Waals surface area contributed by atoms with Gasteiger partial charge in [0.2, 0.25) is 11.5 Å². The third-order valence-electron chi connectivity index (χ3n) is 2.85. The van der Waals surface area contributed by atoms with E-state index in [0.29, 0.717) is 17.1 Å². The van der Waals surface area contributed by atoms with Gasteiger partial charge in [-0.3, -0.25) is 9.59 Å². The largest absolute Gasteiger partial charge is 0.493 e. The van der Waals surface area contributed by atoms with Crippen LogP contribution in [0.3, 0.4) is 0 Å². The van der Waals surface area contributed by atoms with Crippen molar-refractivity contribution in [3.8, 4) is 5.75 Å². The predicted octanol–water partition coefficient (Wildman–Crippen LogP) is 1.38. The van der Waals surface area contributed by atoms with Gasteiger partial charge < -0.3 is 20.4 Å². The number of rotatable bonds is 5. The number of nitrogens with two attached hydrogens (primary N) is 1. The van der Waals surface area contributed by atoms with Crippen molar-refractivity contribution in [2.45, 2.75) is 6.42 Å². The first-order chi connectivity index (χ1) is 10.0. The van der Waals surface area contributed by atoms with Crippen LogP contribution >= 0.6 is 0 Å². The van der Waals surface area contributed by atoms with Gasteiger partial charge in [0, 0.05) is 25.0 Å². The van der Waals surface area contributed by atoms with Gasteiger partial charge in [-0.25, -0.2) is 0 Å². The Balaban J connectivity index is 1.80. The number of hydrogen-bond acceptors (Lipinski definition) is 4. The number of carbonyl (C=O) groups excluding carboxylic acids is 1. The molecule has 0 unspecified atom stereocenters. The predicted molar refractivity (Wildman–Crippen MR) is 81.3 cm³/mol. The third kappa shape index (κ3) is 4.38. The van der Waals surface area contributed by atoms with Gasteiger partial charge in [0.15, 0.2) is 0 Å². The van der Waals surface area contributed by atoms with Crippen LogP contribution in [0.4, 0.5) is 11.4 Å². The molecule has 0 atom stereocenters. The molecule has 1 heterocycles. The molecule has 1 aromatic carbocycles. The average molecular weight is 287 g/mol. The average Bonchev–Trinajstić information content (AvgIpc) is 2.45. The number of amides is 1. The highest BCUT2D eigenvalue weighted by atomic mass is 16.5. The molecule has 2 rings (SSSR count). The Bertz CT molecular complexity index is 677. The van der Waals surface area contributed by atoms with Crippen LogP contribution in [0.1, 0.15) is 6.42 Å². The summed E-state index contributed by atoms with van der Waals surface area (Å²) in [7, 11) is 1.63. The molecule has 0 saturated heterocycles. The summed E-state index contributed by atoms with van der Waals surface area (Å²) >= 11 is 0. The smallest absolute Gasteiger partial charge is 0.250 e. The fourth-order valence-electron chi connectivity index (χ4n) is 1.72. The lowest BCUT2D eigenvalue weighted by molar-refractivity contribution is -0.116. The van der Waals surface area contributed by atoms with E-state index in [9.17, 15) is 9.59 Å². The normalized spacial score (nSPS) is 10.1. The van der Waals surface area contributed by atoms with Crippen molar-refractivity contribution in [1.29, 1.82) is 0 Å². The minimum Gasteiger partial charge on any atom is -0.493 e. The van der Waals surface area contributed by atoms with E-state index in [2.05, 4.69) is 5.32 Å². The molecule has 0 spiro atoms. The summed E-state index contributed by atoms with van der Waals surface area (Å²) in [5.74, 6) is 0.489. The van der Waals surface area contributed by atoms with Gasteiger partial charge in [-0.05, 0) is 30.3 Å². The quantitative estimate of drug-likeness (QED) is 0.813. The molecule has 110 valence electrons. The van der Waals surface area contributed by atoms with Gasteiger partial charge in [-0.2, -0.15) is 0 Å². The van der Waals surface area contributed by atoms with E-state index in [0.717, 1.165) is 0 Å². The zero-order chi connectivity index (χ0) is 15.2. The molecule has 0 radical (unpaired) electrons. The number of benzene rings is 1. The molecule has 1 amide bonds. The van der Waals surface area contributed by atoms with Crippen molar-refractivity contribution >= 4 is 17.3 Å². The molecule has 21 heavy (non-hydrogen) atoms. The number of aryl methyl sites for hydroxylation is 1. The number of carbonyl (C=O) groups is 1. The lowest BCUT2D eigenvalue weighted by Gasteiger charge is -2.08. The Labute approximate surface area is 122 Å². The van der Waals surface area contributed by atoms with Gasteiger partial charge in [-0.1, -0.05) is 0 Å². The highest BCUT2D eigenvalue weighted by Gasteiger charge is 2.04. The Hall–Kier alpha value is -2.76. The SMILES string of the molecule is Cn1cc(NC(=O)CCOc2ccc(N)cc2)ccc1=O. The van der Waals surface area contributed by atoms with Crippen molar-refractivity contribution in [3.05, 3.63) is 52.9 Å². The zero-order valence-corrected chi connectivity index (χ0v) is 11.7. The van der Waals surface area contributed by atoms with Crippen molar-refractivity contribution in [2.24, 2.45) is 7.05 Å². The van der Waals surface area contributed by atoms with Crippen LogP contribution in [0.2, 0.25) is 0 Å². The van der Waals surface area contributed by atoms with Crippen LogP contribution in [0, 0.1) is 0 Å². The minimum absolute atomic E-state index is 0.125. The molecule has 0 aliphatic carbocycles. The van der Waals surface area contributed by atoms with E-state index in [1.54, 1.807) is 43.6 Å². The van der Waals surface area contributed by atoms with Gasteiger partial charge in [0.25, 0.3) is 0 Å². The lowest BCUT2D eigenvalue weighted by Crippen LogP contribution is -2.19. The summed E-state index contributed by atoms with van der Waals surface area (Å²) in [6, 6.07) is 9.95. The fourth-order valence-corrected chi connectivity index (χ4v) is 1.72. The molecule has 3 N–H and O–H groups in total. The Morgan fingerprint density at radius 3 is 2.62 bits per heavy atom. The highest BCUT2D eigenvalue weighted by molar-refractivity contribution is 5.90. The maximum absolute atomic E-state index is 11.8. The second-order valence-corrected chi connectivity index (χ2v) is 4.58. The van der Waals surface area contributed by atoms with Gasteiger partial charge in [-0.15, -0.1) is 0 Å². The lowest BCUT2D eigenvalue weighted by atomic mass is 10.3. The minimum atomic E-state index is -0.177. The maximum Gasteiger partial charge on any atom is 0.250 e. The molecule has 0 bridgehead atoms.